The number of esters is 1. The predicted molar refractivity (Wildman–Crippen MR) is 86.4 cm³/mol. The van der Waals surface area contributed by atoms with Crippen LogP contribution in [0.25, 0.3) is 0 Å². The first-order chi connectivity index (χ1) is 9.91. The van der Waals surface area contributed by atoms with E-state index in [1.807, 2.05) is 14.0 Å². The molecule has 1 aliphatic heterocycles. The quantitative estimate of drug-likeness (QED) is 0.682. The third kappa shape index (κ3) is 5.93. The highest BCUT2D eigenvalue weighted by Gasteiger charge is 2.32. The fourth-order valence-corrected chi connectivity index (χ4v) is 2.92. The number of hydrogen-bond acceptors (Lipinski definition) is 5. The lowest BCUT2D eigenvalue weighted by Gasteiger charge is -2.36. The van der Waals surface area contributed by atoms with E-state index in [2.05, 4.69) is 29.0 Å². The summed E-state index contributed by atoms with van der Waals surface area (Å²) < 4.78 is 4.88. The van der Waals surface area contributed by atoms with Crippen molar-refractivity contribution in [1.82, 2.24) is 15.1 Å². The van der Waals surface area contributed by atoms with Gasteiger partial charge >= 0.3 is 5.97 Å². The Morgan fingerprint density at radius 2 is 1.81 bits per heavy atom. The lowest BCUT2D eigenvalue weighted by atomic mass is 9.96. The molecule has 1 aliphatic rings. The second kappa shape index (κ2) is 8.71. The van der Waals surface area contributed by atoms with Gasteiger partial charge in [0.25, 0.3) is 0 Å². The zero-order valence-corrected chi connectivity index (χ0v) is 14.4. The van der Waals surface area contributed by atoms with Crippen LogP contribution in [-0.4, -0.2) is 74.7 Å². The molecule has 124 valence electrons. The standard InChI is InChI=1S/C16H33N3O2/c1-14(2)13-19-11-9-18(10-12-19)8-6-7-16(3,17-4)15(20)21-5/h14,17H,6-13H2,1-5H3. The van der Waals surface area contributed by atoms with Gasteiger partial charge < -0.3 is 19.9 Å². The molecule has 1 atom stereocenters. The normalized spacial score (nSPS) is 20.5. The molecule has 5 nitrogen and oxygen atoms in total. The number of rotatable bonds is 8. The third-order valence-electron chi connectivity index (χ3n) is 4.43. The summed E-state index contributed by atoms with van der Waals surface area (Å²) in [7, 11) is 3.27. The van der Waals surface area contributed by atoms with Crippen molar-refractivity contribution in [2.75, 3.05) is 53.4 Å². The fraction of sp³-hybridized carbons (Fsp3) is 0.938. The number of hydrogen-bond donors (Lipinski definition) is 1. The number of piperazine rings is 1. The van der Waals surface area contributed by atoms with Gasteiger partial charge in [-0.25, -0.2) is 0 Å². The summed E-state index contributed by atoms with van der Waals surface area (Å²) >= 11 is 0. The first-order valence-corrected chi connectivity index (χ1v) is 8.13. The molecule has 1 unspecified atom stereocenters. The molecule has 1 heterocycles. The van der Waals surface area contributed by atoms with Crippen LogP contribution in [-0.2, 0) is 9.53 Å². The van der Waals surface area contributed by atoms with Crippen molar-refractivity contribution in [1.29, 1.82) is 0 Å². The molecule has 0 amide bonds. The molecular formula is C16H33N3O2. The van der Waals surface area contributed by atoms with Gasteiger partial charge in [0.05, 0.1) is 7.11 Å². The highest BCUT2D eigenvalue weighted by atomic mass is 16.5. The Labute approximate surface area is 130 Å². The molecule has 21 heavy (non-hydrogen) atoms. The highest BCUT2D eigenvalue weighted by Crippen LogP contribution is 2.15. The fourth-order valence-electron chi connectivity index (χ4n) is 2.92. The van der Waals surface area contributed by atoms with Crippen molar-refractivity contribution in [3.63, 3.8) is 0 Å². The van der Waals surface area contributed by atoms with Crippen LogP contribution in [0.15, 0.2) is 0 Å². The van der Waals surface area contributed by atoms with E-state index < -0.39 is 5.54 Å². The number of carbonyl (C=O) groups is 1. The average molecular weight is 299 g/mol. The van der Waals surface area contributed by atoms with Crippen LogP contribution in [0.5, 0.6) is 0 Å². The van der Waals surface area contributed by atoms with Crippen molar-refractivity contribution in [3.8, 4) is 0 Å². The van der Waals surface area contributed by atoms with Gasteiger partial charge in [0.1, 0.15) is 5.54 Å². The maximum absolute atomic E-state index is 11.8. The van der Waals surface area contributed by atoms with Crippen LogP contribution < -0.4 is 5.32 Å². The highest BCUT2D eigenvalue weighted by molar-refractivity contribution is 5.80. The monoisotopic (exact) mass is 299 g/mol. The summed E-state index contributed by atoms with van der Waals surface area (Å²) in [6.07, 6.45) is 1.82. The van der Waals surface area contributed by atoms with Gasteiger partial charge in [-0.3, -0.25) is 4.79 Å². The van der Waals surface area contributed by atoms with Crippen LogP contribution in [0.2, 0.25) is 0 Å². The molecular weight excluding hydrogens is 266 g/mol. The maximum Gasteiger partial charge on any atom is 0.325 e. The van der Waals surface area contributed by atoms with E-state index in [1.165, 1.54) is 26.7 Å². The number of methoxy groups -OCH3 is 1. The lowest BCUT2D eigenvalue weighted by molar-refractivity contribution is -0.148. The molecule has 0 aliphatic carbocycles. The number of nitrogens with zero attached hydrogens (tertiary/aromatic N) is 2. The number of ether oxygens (including phenoxy) is 1. The molecule has 0 radical (unpaired) electrons. The summed E-state index contributed by atoms with van der Waals surface area (Å²) in [5.74, 6) is 0.569. The summed E-state index contributed by atoms with van der Waals surface area (Å²) in [6, 6.07) is 0. The van der Waals surface area contributed by atoms with Gasteiger partial charge in [0.15, 0.2) is 0 Å². The molecule has 0 bridgehead atoms. The molecule has 0 spiro atoms. The van der Waals surface area contributed by atoms with E-state index in [9.17, 15) is 4.79 Å². The van der Waals surface area contributed by atoms with Crippen LogP contribution in [0, 0.1) is 5.92 Å². The van der Waals surface area contributed by atoms with E-state index in [0.29, 0.717) is 0 Å². The molecule has 0 saturated carbocycles. The Kier molecular flexibility index (Phi) is 7.63. The van der Waals surface area contributed by atoms with Gasteiger partial charge in [0, 0.05) is 32.7 Å². The molecule has 1 N–H and O–H groups in total. The van der Waals surface area contributed by atoms with E-state index in [-0.39, 0.29) is 5.97 Å². The largest absolute Gasteiger partial charge is 0.468 e. The van der Waals surface area contributed by atoms with Gasteiger partial charge in [-0.2, -0.15) is 0 Å². The second-order valence-corrected chi connectivity index (χ2v) is 6.71. The summed E-state index contributed by atoms with van der Waals surface area (Å²) in [4.78, 5) is 16.8. The maximum atomic E-state index is 11.8. The predicted octanol–water partition coefficient (Wildman–Crippen LogP) is 1.19. The molecule has 1 fully saturated rings. The zero-order valence-electron chi connectivity index (χ0n) is 14.4. The molecule has 1 saturated heterocycles. The van der Waals surface area contributed by atoms with E-state index >= 15 is 0 Å². The average Bonchev–Trinajstić information content (AvgIpc) is 2.47. The zero-order chi connectivity index (χ0) is 15.9. The number of nitrogens with one attached hydrogen (secondary N) is 1. The molecule has 0 aromatic rings. The molecule has 5 heteroatoms. The van der Waals surface area contributed by atoms with Crippen molar-refractivity contribution < 1.29 is 9.53 Å². The topological polar surface area (TPSA) is 44.8 Å². The SMILES string of the molecule is CNC(C)(CCCN1CCN(CC(C)C)CC1)C(=O)OC. The van der Waals surface area contributed by atoms with Crippen LogP contribution in [0.4, 0.5) is 0 Å². The lowest BCUT2D eigenvalue weighted by Crippen LogP contribution is -2.50. The Hall–Kier alpha value is -0.650. The van der Waals surface area contributed by atoms with Gasteiger partial charge in [-0.15, -0.1) is 0 Å². The van der Waals surface area contributed by atoms with Gasteiger partial charge in [-0.05, 0) is 39.3 Å². The van der Waals surface area contributed by atoms with Crippen LogP contribution in [0.3, 0.4) is 0 Å². The Balaban J connectivity index is 2.26. The third-order valence-corrected chi connectivity index (χ3v) is 4.43. The number of carbonyl (C=O) groups excluding carboxylic acids is 1. The smallest absolute Gasteiger partial charge is 0.325 e. The Bertz CT molecular complexity index is 315. The van der Waals surface area contributed by atoms with Gasteiger partial charge in [0.2, 0.25) is 0 Å². The second-order valence-electron chi connectivity index (χ2n) is 6.71. The Morgan fingerprint density at radius 1 is 1.24 bits per heavy atom. The first-order valence-electron chi connectivity index (χ1n) is 8.13. The Morgan fingerprint density at radius 3 is 2.29 bits per heavy atom. The van der Waals surface area contributed by atoms with E-state index in [1.54, 1.807) is 0 Å². The van der Waals surface area contributed by atoms with E-state index in [0.717, 1.165) is 38.4 Å². The van der Waals surface area contributed by atoms with E-state index in [4.69, 9.17) is 4.74 Å². The minimum atomic E-state index is -0.561. The van der Waals surface area contributed by atoms with Crippen LogP contribution >= 0.6 is 0 Å². The van der Waals surface area contributed by atoms with Crippen molar-refractivity contribution in [2.24, 2.45) is 5.92 Å². The van der Waals surface area contributed by atoms with Gasteiger partial charge in [-0.1, -0.05) is 13.8 Å². The minimum Gasteiger partial charge on any atom is -0.468 e. The molecule has 0 aromatic carbocycles. The summed E-state index contributed by atoms with van der Waals surface area (Å²) in [6.45, 7) is 13.3. The summed E-state index contributed by atoms with van der Waals surface area (Å²) in [5.41, 5.74) is -0.561. The number of likely N-dealkylation sites (N-methyl/N-ethyl adjacent to an activating group) is 1. The van der Waals surface area contributed by atoms with Crippen molar-refractivity contribution >= 4 is 5.97 Å². The van der Waals surface area contributed by atoms with Crippen molar-refractivity contribution in [2.45, 2.75) is 39.2 Å². The molecule has 1 rings (SSSR count). The summed E-state index contributed by atoms with van der Waals surface area (Å²) in [5, 5.41) is 3.09. The van der Waals surface area contributed by atoms with Crippen LogP contribution in [0.1, 0.15) is 33.6 Å². The minimum absolute atomic E-state index is 0.174. The molecule has 0 aromatic heterocycles. The first kappa shape index (κ1) is 18.4. The van der Waals surface area contributed by atoms with Crippen molar-refractivity contribution in [3.05, 3.63) is 0 Å².